The summed E-state index contributed by atoms with van der Waals surface area (Å²) in [5.41, 5.74) is 2.47. The van der Waals surface area contributed by atoms with Crippen LogP contribution in [0.5, 0.6) is 0 Å². The van der Waals surface area contributed by atoms with Crippen LogP contribution in [0.15, 0.2) is 48.5 Å². The van der Waals surface area contributed by atoms with Crippen molar-refractivity contribution in [3.63, 3.8) is 0 Å². The lowest BCUT2D eigenvalue weighted by molar-refractivity contribution is -0.165. The van der Waals surface area contributed by atoms with E-state index < -0.39 is 24.1 Å². The summed E-state index contributed by atoms with van der Waals surface area (Å²) >= 11 is 12.4. The Morgan fingerprint density at radius 2 is 1.64 bits per heavy atom. The molecule has 180 valence electrons. The van der Waals surface area contributed by atoms with Crippen LogP contribution in [0.25, 0.3) is 0 Å². The van der Waals surface area contributed by atoms with Gasteiger partial charge in [0.1, 0.15) is 0 Å². The second kappa shape index (κ2) is 13.5. The van der Waals surface area contributed by atoms with Crippen molar-refractivity contribution < 1.29 is 30.0 Å². The topological polar surface area (TPSA) is 130 Å². The van der Waals surface area contributed by atoms with Gasteiger partial charge in [0.05, 0.1) is 0 Å². The van der Waals surface area contributed by atoms with Crippen LogP contribution < -0.4 is 5.32 Å². The molecule has 1 saturated heterocycles. The normalized spacial score (nSPS) is 17.2. The molecule has 0 radical (unpaired) electrons. The van der Waals surface area contributed by atoms with E-state index >= 15 is 0 Å². The minimum atomic E-state index is -2.27. The van der Waals surface area contributed by atoms with Crippen LogP contribution in [0.3, 0.4) is 0 Å². The SMILES string of the molecule is Clc1ccc(CN(Cc2ccccc2)C[C@H]2CCNC2)c(Cl)c1.O=C(O)[C@H](O)[C@@H](O)C(=O)O. The molecule has 33 heavy (non-hydrogen) atoms. The molecule has 8 nitrogen and oxygen atoms in total. The minimum absolute atomic E-state index is 0.688. The number of hydrogen-bond acceptors (Lipinski definition) is 6. The number of benzene rings is 2. The molecule has 0 aromatic heterocycles. The van der Waals surface area contributed by atoms with E-state index in [2.05, 4.69) is 40.5 Å². The predicted molar refractivity (Wildman–Crippen MR) is 125 cm³/mol. The van der Waals surface area contributed by atoms with Gasteiger partial charge in [0.25, 0.3) is 0 Å². The lowest BCUT2D eigenvalue weighted by Crippen LogP contribution is -2.39. The lowest BCUT2D eigenvalue weighted by Gasteiger charge is -2.26. The van der Waals surface area contributed by atoms with Gasteiger partial charge in [-0.3, -0.25) is 4.90 Å². The van der Waals surface area contributed by atoms with Crippen LogP contribution in [0.4, 0.5) is 0 Å². The zero-order valence-corrected chi connectivity index (χ0v) is 19.4. The van der Waals surface area contributed by atoms with Gasteiger partial charge in [0.2, 0.25) is 0 Å². The fourth-order valence-corrected chi connectivity index (χ4v) is 3.89. The fraction of sp³-hybridized carbons (Fsp3) is 0.391. The maximum atomic E-state index is 9.77. The summed E-state index contributed by atoms with van der Waals surface area (Å²) in [5, 5.41) is 37.4. The first-order valence-corrected chi connectivity index (χ1v) is 11.2. The first kappa shape index (κ1) is 27.0. The third-order valence-electron chi connectivity index (χ3n) is 5.14. The van der Waals surface area contributed by atoms with E-state index in [1.54, 1.807) is 0 Å². The molecule has 0 saturated carbocycles. The van der Waals surface area contributed by atoms with Crippen molar-refractivity contribution in [3.8, 4) is 0 Å². The highest BCUT2D eigenvalue weighted by Crippen LogP contribution is 2.24. The molecule has 0 bridgehead atoms. The Hall–Kier alpha value is -2.20. The monoisotopic (exact) mass is 498 g/mol. The zero-order chi connectivity index (χ0) is 24.4. The maximum Gasteiger partial charge on any atom is 0.335 e. The fourth-order valence-electron chi connectivity index (χ4n) is 3.42. The van der Waals surface area contributed by atoms with Crippen molar-refractivity contribution in [2.45, 2.75) is 31.7 Å². The van der Waals surface area contributed by atoms with Crippen molar-refractivity contribution in [1.29, 1.82) is 0 Å². The summed E-state index contributed by atoms with van der Waals surface area (Å²) in [7, 11) is 0. The second-order valence-electron chi connectivity index (χ2n) is 7.82. The Labute approximate surface area is 202 Å². The van der Waals surface area contributed by atoms with Crippen molar-refractivity contribution in [1.82, 2.24) is 10.2 Å². The number of hydrogen-bond donors (Lipinski definition) is 5. The molecule has 1 aliphatic heterocycles. The van der Waals surface area contributed by atoms with E-state index in [9.17, 15) is 9.59 Å². The van der Waals surface area contributed by atoms with Crippen LogP contribution in [-0.2, 0) is 22.7 Å². The maximum absolute atomic E-state index is 9.77. The van der Waals surface area contributed by atoms with E-state index in [0.717, 1.165) is 43.3 Å². The average Bonchev–Trinajstić information content (AvgIpc) is 3.28. The van der Waals surface area contributed by atoms with E-state index in [0.29, 0.717) is 10.9 Å². The number of nitrogens with one attached hydrogen (secondary N) is 1. The first-order valence-electron chi connectivity index (χ1n) is 10.4. The van der Waals surface area contributed by atoms with Crippen LogP contribution in [0.1, 0.15) is 17.5 Å². The second-order valence-corrected chi connectivity index (χ2v) is 8.66. The number of carbonyl (C=O) groups is 2. The smallest absolute Gasteiger partial charge is 0.335 e. The molecule has 0 spiro atoms. The molecule has 1 fully saturated rings. The van der Waals surface area contributed by atoms with Gasteiger partial charge < -0.3 is 25.7 Å². The van der Waals surface area contributed by atoms with Crippen molar-refractivity contribution >= 4 is 35.1 Å². The summed E-state index contributed by atoms with van der Waals surface area (Å²) in [5.74, 6) is -2.82. The quantitative estimate of drug-likeness (QED) is 0.356. The molecule has 1 aliphatic rings. The molecule has 0 aliphatic carbocycles. The summed E-state index contributed by atoms with van der Waals surface area (Å²) < 4.78 is 0. The number of carboxylic acid groups (broad SMARTS) is 2. The van der Waals surface area contributed by atoms with Crippen LogP contribution in [0, 0.1) is 5.92 Å². The third kappa shape index (κ3) is 9.29. The Bertz CT molecular complexity index is 891. The van der Waals surface area contributed by atoms with Gasteiger partial charge in [-0.25, -0.2) is 9.59 Å². The van der Waals surface area contributed by atoms with Gasteiger partial charge in [-0.2, -0.15) is 0 Å². The molecule has 0 unspecified atom stereocenters. The highest BCUT2D eigenvalue weighted by atomic mass is 35.5. The zero-order valence-electron chi connectivity index (χ0n) is 17.9. The number of aliphatic carboxylic acids is 2. The predicted octanol–water partition coefficient (Wildman–Crippen LogP) is 2.48. The van der Waals surface area contributed by atoms with Gasteiger partial charge in [0.15, 0.2) is 12.2 Å². The van der Waals surface area contributed by atoms with Crippen molar-refractivity contribution in [2.75, 3.05) is 19.6 Å². The highest BCUT2D eigenvalue weighted by molar-refractivity contribution is 6.35. The summed E-state index contributed by atoms with van der Waals surface area (Å²) in [4.78, 5) is 22.0. The summed E-state index contributed by atoms with van der Waals surface area (Å²) in [6, 6.07) is 16.4. The Balaban J connectivity index is 0.000000328. The Kier molecular flexibility index (Phi) is 11.1. The molecule has 2 aromatic carbocycles. The van der Waals surface area contributed by atoms with Crippen LogP contribution >= 0.6 is 23.2 Å². The molecule has 2 aromatic rings. The molecule has 10 heteroatoms. The molecule has 0 amide bonds. The minimum Gasteiger partial charge on any atom is -0.479 e. The van der Waals surface area contributed by atoms with Gasteiger partial charge in [0, 0.05) is 29.7 Å². The van der Waals surface area contributed by atoms with Gasteiger partial charge >= 0.3 is 11.9 Å². The standard InChI is InChI=1S/C19H22Cl2N2.C4H6O6/c20-18-7-6-17(19(21)10-18)14-23(13-16-8-9-22-11-16)12-15-4-2-1-3-5-15;5-1(3(7)8)2(6)4(9)10/h1-7,10,16,22H,8-9,11-14H2;1-2,5-6H,(H,7,8)(H,9,10)/t16-;1-,2-/m01/s1. The van der Waals surface area contributed by atoms with Crippen LogP contribution in [0.2, 0.25) is 10.0 Å². The van der Waals surface area contributed by atoms with E-state index in [1.807, 2.05) is 18.2 Å². The van der Waals surface area contributed by atoms with E-state index in [4.69, 9.17) is 43.6 Å². The van der Waals surface area contributed by atoms with E-state index in [-0.39, 0.29) is 0 Å². The number of carboxylic acids is 2. The van der Waals surface area contributed by atoms with Gasteiger partial charge in [-0.05, 0) is 48.7 Å². The van der Waals surface area contributed by atoms with Crippen molar-refractivity contribution in [3.05, 3.63) is 69.7 Å². The number of nitrogens with zero attached hydrogens (tertiary/aromatic N) is 1. The molecule has 5 N–H and O–H groups in total. The molecular weight excluding hydrogens is 471 g/mol. The third-order valence-corrected chi connectivity index (χ3v) is 5.73. The largest absolute Gasteiger partial charge is 0.479 e. The molecular formula is C23H28Cl2N2O6. The molecule has 3 rings (SSSR count). The van der Waals surface area contributed by atoms with Gasteiger partial charge in [-0.15, -0.1) is 0 Å². The number of aliphatic hydroxyl groups is 2. The number of aliphatic hydroxyl groups excluding tert-OH is 2. The Morgan fingerprint density at radius 3 is 2.15 bits per heavy atom. The average molecular weight is 499 g/mol. The molecule has 1 heterocycles. The van der Waals surface area contributed by atoms with Gasteiger partial charge in [-0.1, -0.05) is 59.6 Å². The van der Waals surface area contributed by atoms with Crippen molar-refractivity contribution in [2.24, 2.45) is 5.92 Å². The Morgan fingerprint density at radius 1 is 1.00 bits per heavy atom. The summed E-state index contributed by atoms with van der Waals surface area (Å²) in [6.45, 7) is 5.11. The lowest BCUT2D eigenvalue weighted by atomic mass is 10.1. The molecule has 3 atom stereocenters. The number of halogens is 2. The summed E-state index contributed by atoms with van der Waals surface area (Å²) in [6.07, 6.45) is -3.28. The van der Waals surface area contributed by atoms with E-state index in [1.165, 1.54) is 12.0 Å². The first-order chi connectivity index (χ1) is 15.7. The van der Waals surface area contributed by atoms with Crippen LogP contribution in [-0.4, -0.2) is 69.1 Å². The highest BCUT2D eigenvalue weighted by Gasteiger charge is 2.29. The number of rotatable bonds is 9.